The van der Waals surface area contributed by atoms with Crippen LogP contribution in [-0.2, 0) is 11.3 Å². The predicted octanol–water partition coefficient (Wildman–Crippen LogP) is 1.05. The average molecular weight is 353 g/mol. The zero-order valence-electron chi connectivity index (χ0n) is 14.5. The quantitative estimate of drug-likeness (QED) is 0.859. The van der Waals surface area contributed by atoms with Gasteiger partial charge in [-0.3, -0.25) is 14.6 Å². The lowest BCUT2D eigenvalue weighted by Crippen LogP contribution is -2.52. The van der Waals surface area contributed by atoms with Crippen LogP contribution in [-0.4, -0.2) is 79.5 Å². The number of piperazine rings is 1. The summed E-state index contributed by atoms with van der Waals surface area (Å²) in [4.78, 5) is 19.1. The van der Waals surface area contributed by atoms with Gasteiger partial charge in [-0.05, 0) is 18.5 Å². The summed E-state index contributed by atoms with van der Waals surface area (Å²) >= 11 is 0. The lowest BCUT2D eigenvalue weighted by molar-refractivity contribution is -0.132. The highest BCUT2D eigenvalue weighted by atomic mass is 35.5. The summed E-state index contributed by atoms with van der Waals surface area (Å²) in [5.74, 6) is 0.213. The average Bonchev–Trinajstić information content (AvgIpc) is 3.11. The van der Waals surface area contributed by atoms with Crippen molar-refractivity contribution in [1.82, 2.24) is 20.0 Å². The van der Waals surface area contributed by atoms with Crippen molar-refractivity contribution in [2.75, 3.05) is 52.9 Å². The van der Waals surface area contributed by atoms with Crippen LogP contribution in [0.5, 0.6) is 0 Å². The van der Waals surface area contributed by atoms with Crippen LogP contribution in [0.15, 0.2) is 30.3 Å². The lowest BCUT2D eigenvalue weighted by Gasteiger charge is -2.37. The first-order chi connectivity index (χ1) is 11.2. The molecule has 1 unspecified atom stereocenters. The summed E-state index contributed by atoms with van der Waals surface area (Å²) in [6.45, 7) is 7.67. The molecule has 2 saturated heterocycles. The van der Waals surface area contributed by atoms with E-state index in [1.54, 1.807) is 0 Å². The second-order valence-electron chi connectivity index (χ2n) is 6.69. The van der Waals surface area contributed by atoms with Crippen molar-refractivity contribution in [2.24, 2.45) is 0 Å². The maximum Gasteiger partial charge on any atom is 0.236 e. The number of nitrogens with zero attached hydrogens (tertiary/aromatic N) is 3. The van der Waals surface area contributed by atoms with Gasteiger partial charge in [0.2, 0.25) is 5.91 Å². The van der Waals surface area contributed by atoms with Crippen LogP contribution in [0.3, 0.4) is 0 Å². The minimum absolute atomic E-state index is 0. The minimum atomic E-state index is 0. The fourth-order valence-corrected chi connectivity index (χ4v) is 3.50. The molecule has 2 aliphatic rings. The second-order valence-corrected chi connectivity index (χ2v) is 6.69. The third-order valence-corrected chi connectivity index (χ3v) is 5.00. The second kappa shape index (κ2) is 9.37. The van der Waals surface area contributed by atoms with Gasteiger partial charge in [0.15, 0.2) is 0 Å². The molecule has 0 bridgehead atoms. The number of carbonyl (C=O) groups excluding carboxylic acids is 1. The summed E-state index contributed by atoms with van der Waals surface area (Å²) in [7, 11) is 1.90. The molecule has 0 saturated carbocycles. The van der Waals surface area contributed by atoms with E-state index in [9.17, 15) is 4.79 Å². The molecule has 1 aromatic carbocycles. The Balaban J connectivity index is 0.00000208. The van der Waals surface area contributed by atoms with Crippen LogP contribution in [0.25, 0.3) is 0 Å². The molecule has 0 aromatic heterocycles. The van der Waals surface area contributed by atoms with Crippen molar-refractivity contribution in [3.05, 3.63) is 35.9 Å². The number of hydrogen-bond donors (Lipinski definition) is 1. The number of nitrogens with one attached hydrogen (secondary N) is 1. The third kappa shape index (κ3) is 5.18. The summed E-state index contributed by atoms with van der Waals surface area (Å²) < 4.78 is 0. The van der Waals surface area contributed by atoms with Crippen molar-refractivity contribution < 1.29 is 4.79 Å². The molecular formula is C18H29ClN4O. The van der Waals surface area contributed by atoms with E-state index in [4.69, 9.17) is 0 Å². The fraction of sp³-hybridized carbons (Fsp3) is 0.611. The maximum absolute atomic E-state index is 12.4. The molecule has 2 fully saturated rings. The molecule has 0 radical (unpaired) electrons. The van der Waals surface area contributed by atoms with Gasteiger partial charge in [-0.1, -0.05) is 30.3 Å². The highest BCUT2D eigenvalue weighted by Crippen LogP contribution is 2.12. The standard InChI is InChI=1S/C18H28N4O.ClH/c1-20(14-16-5-3-2-4-6-16)18(23)15-21-9-11-22(12-10-21)17-7-8-19-13-17;/h2-6,17,19H,7-15H2,1H3;1H. The van der Waals surface area contributed by atoms with E-state index in [0.717, 1.165) is 39.3 Å². The molecule has 1 amide bonds. The Morgan fingerprint density at radius 3 is 2.54 bits per heavy atom. The Morgan fingerprint density at radius 1 is 1.21 bits per heavy atom. The number of halogens is 1. The molecular weight excluding hydrogens is 324 g/mol. The summed E-state index contributed by atoms with van der Waals surface area (Å²) in [5, 5.41) is 3.44. The lowest BCUT2D eigenvalue weighted by atomic mass is 10.2. The molecule has 134 valence electrons. The smallest absolute Gasteiger partial charge is 0.236 e. The van der Waals surface area contributed by atoms with Crippen LogP contribution in [0.2, 0.25) is 0 Å². The first-order valence-corrected chi connectivity index (χ1v) is 8.67. The van der Waals surface area contributed by atoms with Crippen LogP contribution in [0.1, 0.15) is 12.0 Å². The molecule has 5 nitrogen and oxygen atoms in total. The number of benzene rings is 1. The van der Waals surface area contributed by atoms with E-state index in [0.29, 0.717) is 19.1 Å². The van der Waals surface area contributed by atoms with Crippen molar-refractivity contribution in [3.63, 3.8) is 0 Å². The normalized spacial score (nSPS) is 22.1. The Kier molecular flexibility index (Phi) is 7.49. The van der Waals surface area contributed by atoms with Gasteiger partial charge in [-0.25, -0.2) is 0 Å². The zero-order valence-corrected chi connectivity index (χ0v) is 15.3. The molecule has 2 aliphatic heterocycles. The van der Waals surface area contributed by atoms with E-state index in [-0.39, 0.29) is 18.3 Å². The number of carbonyl (C=O) groups is 1. The van der Waals surface area contributed by atoms with Gasteiger partial charge in [0.25, 0.3) is 0 Å². The molecule has 0 spiro atoms. The van der Waals surface area contributed by atoms with Gasteiger partial charge in [-0.2, -0.15) is 0 Å². The van der Waals surface area contributed by atoms with E-state index >= 15 is 0 Å². The summed E-state index contributed by atoms with van der Waals surface area (Å²) in [6.07, 6.45) is 1.26. The number of hydrogen-bond acceptors (Lipinski definition) is 4. The van der Waals surface area contributed by atoms with E-state index in [1.165, 1.54) is 12.0 Å². The zero-order chi connectivity index (χ0) is 16.1. The number of amides is 1. The molecule has 1 N–H and O–H groups in total. The van der Waals surface area contributed by atoms with Crippen molar-refractivity contribution in [1.29, 1.82) is 0 Å². The highest BCUT2D eigenvalue weighted by Gasteiger charge is 2.27. The predicted molar refractivity (Wildman–Crippen MR) is 99.5 cm³/mol. The van der Waals surface area contributed by atoms with E-state index in [2.05, 4.69) is 27.2 Å². The van der Waals surface area contributed by atoms with E-state index < -0.39 is 0 Å². The van der Waals surface area contributed by atoms with Crippen LogP contribution in [0, 0.1) is 0 Å². The van der Waals surface area contributed by atoms with Crippen LogP contribution >= 0.6 is 12.4 Å². The fourth-order valence-electron chi connectivity index (χ4n) is 3.50. The molecule has 1 aromatic rings. The Bertz CT molecular complexity index is 499. The molecule has 24 heavy (non-hydrogen) atoms. The van der Waals surface area contributed by atoms with Gasteiger partial charge in [-0.15, -0.1) is 12.4 Å². The topological polar surface area (TPSA) is 38.8 Å². The van der Waals surface area contributed by atoms with Crippen molar-refractivity contribution in [2.45, 2.75) is 19.0 Å². The Morgan fingerprint density at radius 2 is 1.92 bits per heavy atom. The molecule has 3 rings (SSSR count). The Hall–Kier alpha value is -1.14. The summed E-state index contributed by atoms with van der Waals surface area (Å²) in [6, 6.07) is 10.9. The maximum atomic E-state index is 12.4. The third-order valence-electron chi connectivity index (χ3n) is 5.00. The largest absolute Gasteiger partial charge is 0.340 e. The van der Waals surface area contributed by atoms with E-state index in [1.807, 2.05) is 30.1 Å². The number of likely N-dealkylation sites (N-methyl/N-ethyl adjacent to an activating group) is 1. The minimum Gasteiger partial charge on any atom is -0.340 e. The van der Waals surface area contributed by atoms with Gasteiger partial charge in [0.05, 0.1) is 6.54 Å². The highest BCUT2D eigenvalue weighted by molar-refractivity contribution is 5.85. The van der Waals surface area contributed by atoms with Gasteiger partial charge in [0, 0.05) is 52.4 Å². The first-order valence-electron chi connectivity index (χ1n) is 8.67. The van der Waals surface area contributed by atoms with Crippen molar-refractivity contribution >= 4 is 18.3 Å². The monoisotopic (exact) mass is 352 g/mol. The first kappa shape index (κ1) is 19.2. The Labute approximate surface area is 151 Å². The van der Waals surface area contributed by atoms with Crippen molar-refractivity contribution in [3.8, 4) is 0 Å². The molecule has 6 heteroatoms. The van der Waals surface area contributed by atoms with Gasteiger partial charge >= 0.3 is 0 Å². The van der Waals surface area contributed by atoms with Crippen LogP contribution in [0.4, 0.5) is 0 Å². The molecule has 0 aliphatic carbocycles. The SMILES string of the molecule is CN(Cc1ccccc1)C(=O)CN1CCN(C2CCNC2)CC1.Cl. The molecule has 1 atom stereocenters. The number of rotatable bonds is 5. The molecule has 2 heterocycles. The van der Waals surface area contributed by atoms with Crippen LogP contribution < -0.4 is 5.32 Å². The van der Waals surface area contributed by atoms with Gasteiger partial charge < -0.3 is 10.2 Å². The summed E-state index contributed by atoms with van der Waals surface area (Å²) in [5.41, 5.74) is 1.18. The van der Waals surface area contributed by atoms with Gasteiger partial charge in [0.1, 0.15) is 0 Å².